The maximum Gasteiger partial charge on any atom is 0.204 e. The van der Waals surface area contributed by atoms with Crippen LogP contribution in [-0.2, 0) is 0 Å². The van der Waals surface area contributed by atoms with Crippen molar-refractivity contribution >= 4 is 51.8 Å². The standard InChI is InChI=1S/C24H21BrClO6P/c1-29-17-12-8-11-16(26)19(17)23(27)33(14-9-6-5-7-10-14)24(28)20-21(31-3)15(25)13-18(30-2)22(20)32-4/h5-13H,1-4H3. The second kappa shape index (κ2) is 11.0. The third-order valence-electron chi connectivity index (χ3n) is 4.82. The van der Waals surface area contributed by atoms with Crippen LogP contribution < -0.4 is 24.3 Å². The maximum atomic E-state index is 14.1. The minimum atomic E-state index is -2.12. The number of rotatable bonds is 9. The van der Waals surface area contributed by atoms with Crippen molar-refractivity contribution in [2.45, 2.75) is 0 Å². The van der Waals surface area contributed by atoms with Gasteiger partial charge in [-0.1, -0.05) is 48.0 Å². The minimum absolute atomic E-state index is 0.0977. The molecular weight excluding hydrogens is 531 g/mol. The highest BCUT2D eigenvalue weighted by molar-refractivity contribution is 9.10. The molecule has 0 aromatic heterocycles. The Bertz CT molecular complexity index is 1190. The summed E-state index contributed by atoms with van der Waals surface area (Å²) < 4.78 is 22.3. The van der Waals surface area contributed by atoms with Crippen LogP contribution in [-0.4, -0.2) is 39.5 Å². The molecule has 0 fully saturated rings. The molecule has 1 atom stereocenters. The fourth-order valence-electron chi connectivity index (χ4n) is 3.35. The quantitative estimate of drug-likeness (QED) is 0.307. The molecule has 0 aliphatic heterocycles. The second-order valence-corrected chi connectivity index (χ2v) is 9.86. The molecule has 6 nitrogen and oxygen atoms in total. The van der Waals surface area contributed by atoms with Gasteiger partial charge in [0.25, 0.3) is 0 Å². The highest BCUT2D eigenvalue weighted by Crippen LogP contribution is 2.52. The minimum Gasteiger partial charge on any atom is -0.496 e. The van der Waals surface area contributed by atoms with Gasteiger partial charge < -0.3 is 18.9 Å². The Labute approximate surface area is 206 Å². The summed E-state index contributed by atoms with van der Waals surface area (Å²) in [6, 6.07) is 15.3. The van der Waals surface area contributed by atoms with Gasteiger partial charge in [0.2, 0.25) is 11.0 Å². The van der Waals surface area contributed by atoms with E-state index in [9.17, 15) is 9.59 Å². The molecular formula is C24H21BrClO6P. The molecule has 9 heteroatoms. The van der Waals surface area contributed by atoms with Crippen molar-refractivity contribution in [1.29, 1.82) is 0 Å². The Morgan fingerprint density at radius 1 is 0.758 bits per heavy atom. The van der Waals surface area contributed by atoms with Crippen LogP contribution in [0.4, 0.5) is 0 Å². The second-order valence-electron chi connectivity index (χ2n) is 6.60. The number of halogens is 2. The van der Waals surface area contributed by atoms with E-state index in [1.807, 2.05) is 6.07 Å². The zero-order valence-corrected chi connectivity index (χ0v) is 21.6. The molecule has 0 saturated carbocycles. The number of hydrogen-bond acceptors (Lipinski definition) is 6. The average Bonchev–Trinajstić information content (AvgIpc) is 2.83. The van der Waals surface area contributed by atoms with Crippen molar-refractivity contribution in [1.82, 2.24) is 0 Å². The molecule has 3 aromatic rings. The SMILES string of the molecule is COc1cc(Br)c(OC)c(C(=O)P(C(=O)c2c(Cl)cccc2OC)c2ccccc2)c1OC. The molecule has 0 amide bonds. The van der Waals surface area contributed by atoms with E-state index in [0.29, 0.717) is 15.5 Å². The lowest BCUT2D eigenvalue weighted by Gasteiger charge is -2.22. The molecule has 3 aromatic carbocycles. The van der Waals surface area contributed by atoms with Crippen molar-refractivity contribution in [2.75, 3.05) is 28.4 Å². The Morgan fingerprint density at radius 2 is 1.36 bits per heavy atom. The number of hydrogen-bond donors (Lipinski definition) is 0. The van der Waals surface area contributed by atoms with Gasteiger partial charge in [-0.05, 0) is 33.4 Å². The molecule has 172 valence electrons. The van der Waals surface area contributed by atoms with E-state index in [4.69, 9.17) is 30.5 Å². The van der Waals surface area contributed by atoms with E-state index < -0.39 is 19.0 Å². The summed E-state index contributed by atoms with van der Waals surface area (Å²) in [6.07, 6.45) is 0. The normalized spacial score (nSPS) is 11.5. The van der Waals surface area contributed by atoms with Gasteiger partial charge in [0.15, 0.2) is 11.5 Å². The first-order chi connectivity index (χ1) is 15.9. The summed E-state index contributed by atoms with van der Waals surface area (Å²) in [6.45, 7) is 0. The van der Waals surface area contributed by atoms with E-state index in [0.717, 1.165) is 0 Å². The molecule has 0 spiro atoms. The number of ether oxygens (including phenoxy) is 4. The number of methoxy groups -OCH3 is 4. The maximum absolute atomic E-state index is 14.1. The van der Waals surface area contributed by atoms with Crippen LogP contribution >= 0.6 is 35.5 Å². The predicted octanol–water partition coefficient (Wildman–Crippen LogP) is 5.92. The van der Waals surface area contributed by atoms with Crippen molar-refractivity contribution in [3.63, 3.8) is 0 Å². The summed E-state index contributed by atoms with van der Waals surface area (Å²) in [7, 11) is 3.65. The molecule has 0 aliphatic carbocycles. The first-order valence-electron chi connectivity index (χ1n) is 9.64. The summed E-state index contributed by atoms with van der Waals surface area (Å²) in [5, 5.41) is 0.744. The molecule has 0 N–H and O–H groups in total. The van der Waals surface area contributed by atoms with Crippen LogP contribution in [0.2, 0.25) is 5.02 Å². The summed E-state index contributed by atoms with van der Waals surface area (Å²) in [4.78, 5) is 28.1. The van der Waals surface area contributed by atoms with Gasteiger partial charge in [0.05, 0.1) is 51.4 Å². The van der Waals surface area contributed by atoms with Gasteiger partial charge in [-0.2, -0.15) is 0 Å². The molecule has 0 saturated heterocycles. The van der Waals surface area contributed by atoms with E-state index >= 15 is 0 Å². The predicted molar refractivity (Wildman–Crippen MR) is 133 cm³/mol. The average molecular weight is 552 g/mol. The third-order valence-corrected chi connectivity index (χ3v) is 7.80. The summed E-state index contributed by atoms with van der Waals surface area (Å²) in [5.74, 6) is 1.01. The fraction of sp³-hybridized carbons (Fsp3) is 0.167. The third kappa shape index (κ3) is 4.86. The van der Waals surface area contributed by atoms with Crippen LogP contribution in [0.1, 0.15) is 20.7 Å². The van der Waals surface area contributed by atoms with Gasteiger partial charge >= 0.3 is 0 Å². The smallest absolute Gasteiger partial charge is 0.204 e. The zero-order valence-electron chi connectivity index (χ0n) is 18.3. The van der Waals surface area contributed by atoms with E-state index in [1.165, 1.54) is 28.4 Å². The Morgan fingerprint density at radius 3 is 1.94 bits per heavy atom. The van der Waals surface area contributed by atoms with Crippen molar-refractivity contribution < 1.29 is 28.5 Å². The Balaban J connectivity index is 2.31. The fourth-order valence-corrected chi connectivity index (χ4v) is 6.24. The lowest BCUT2D eigenvalue weighted by Crippen LogP contribution is -2.18. The zero-order chi connectivity index (χ0) is 24.1. The molecule has 33 heavy (non-hydrogen) atoms. The van der Waals surface area contributed by atoms with Gasteiger partial charge in [0.1, 0.15) is 17.1 Å². The van der Waals surface area contributed by atoms with E-state index in [1.54, 1.807) is 48.5 Å². The van der Waals surface area contributed by atoms with Crippen LogP contribution in [0.25, 0.3) is 0 Å². The van der Waals surface area contributed by atoms with Crippen molar-refractivity contribution in [2.24, 2.45) is 0 Å². The van der Waals surface area contributed by atoms with Gasteiger partial charge in [-0.25, -0.2) is 0 Å². The van der Waals surface area contributed by atoms with E-state index in [2.05, 4.69) is 15.9 Å². The molecule has 0 aliphatic rings. The van der Waals surface area contributed by atoms with Crippen molar-refractivity contribution in [3.8, 4) is 23.0 Å². The molecule has 0 bridgehead atoms. The lowest BCUT2D eigenvalue weighted by atomic mass is 10.1. The van der Waals surface area contributed by atoms with Gasteiger partial charge in [0, 0.05) is 6.07 Å². The van der Waals surface area contributed by atoms with Crippen molar-refractivity contribution in [3.05, 3.63) is 75.2 Å². The van der Waals surface area contributed by atoms with Gasteiger partial charge in [-0.3, -0.25) is 9.59 Å². The molecule has 1 unspecified atom stereocenters. The Hall–Kier alpha value is -2.60. The summed E-state index contributed by atoms with van der Waals surface area (Å²) >= 11 is 9.82. The van der Waals surface area contributed by atoms with Gasteiger partial charge in [-0.15, -0.1) is 0 Å². The number of benzene rings is 3. The molecule has 0 radical (unpaired) electrons. The van der Waals surface area contributed by atoms with E-state index in [-0.39, 0.29) is 33.4 Å². The highest BCUT2D eigenvalue weighted by Gasteiger charge is 2.37. The molecule has 0 heterocycles. The molecule has 3 rings (SSSR count). The first kappa shape index (κ1) is 25.0. The monoisotopic (exact) mass is 550 g/mol. The van der Waals surface area contributed by atoms with Crippen LogP contribution in [0.5, 0.6) is 23.0 Å². The Kier molecular flexibility index (Phi) is 8.35. The number of carbonyl (C=O) groups excluding carboxylic acids is 2. The topological polar surface area (TPSA) is 71.1 Å². The first-order valence-corrected chi connectivity index (χ1v) is 12.2. The van der Waals surface area contributed by atoms with Crippen LogP contribution in [0, 0.1) is 0 Å². The summed E-state index contributed by atoms with van der Waals surface area (Å²) in [5.41, 5.74) is -0.686. The lowest BCUT2D eigenvalue weighted by molar-refractivity contribution is 0.105. The van der Waals surface area contributed by atoms with Crippen LogP contribution in [0.3, 0.4) is 0 Å². The largest absolute Gasteiger partial charge is 0.496 e. The number of carbonyl (C=O) groups is 2. The van der Waals surface area contributed by atoms with Crippen LogP contribution in [0.15, 0.2) is 59.1 Å². The highest BCUT2D eigenvalue weighted by atomic mass is 79.9.